The van der Waals surface area contributed by atoms with Crippen molar-refractivity contribution in [2.24, 2.45) is 16.7 Å². The summed E-state index contributed by atoms with van der Waals surface area (Å²) < 4.78 is 13.0. The summed E-state index contributed by atoms with van der Waals surface area (Å²) in [6, 6.07) is 2.69. The van der Waals surface area contributed by atoms with E-state index in [0.29, 0.717) is 16.1 Å². The van der Waals surface area contributed by atoms with Gasteiger partial charge in [-0.15, -0.1) is 0 Å². The van der Waals surface area contributed by atoms with E-state index in [2.05, 4.69) is 5.10 Å². The molecular weight excluding hydrogens is 193 g/mol. The number of nitrogens with zero attached hydrogens (tertiary/aromatic N) is 1. The van der Waals surface area contributed by atoms with Crippen LogP contribution in [0.5, 0.6) is 0 Å². The second-order valence-electron chi connectivity index (χ2n) is 2.60. The highest BCUT2D eigenvalue weighted by Gasteiger charge is 2.08. The highest BCUT2D eigenvalue weighted by atomic mass is 35.5. The molecular formula is C8H9ClFN3. The predicted molar refractivity (Wildman–Crippen MR) is 51.1 cm³/mol. The van der Waals surface area contributed by atoms with Crippen molar-refractivity contribution < 1.29 is 4.39 Å². The molecule has 0 unspecified atom stereocenters. The van der Waals surface area contributed by atoms with Crippen LogP contribution in [0.2, 0.25) is 5.02 Å². The van der Waals surface area contributed by atoms with E-state index in [1.165, 1.54) is 12.1 Å². The van der Waals surface area contributed by atoms with Crippen molar-refractivity contribution in [1.82, 2.24) is 0 Å². The molecule has 0 aromatic heterocycles. The zero-order valence-electron chi connectivity index (χ0n) is 7.01. The number of hydrogen-bond acceptors (Lipinski definition) is 2. The fourth-order valence-electron chi connectivity index (χ4n) is 0.912. The molecule has 4 N–H and O–H groups in total. The SMILES string of the molecule is Cc1cc(Cl)c(/C(N)=N/N)cc1F. The van der Waals surface area contributed by atoms with E-state index in [-0.39, 0.29) is 11.7 Å². The lowest BCUT2D eigenvalue weighted by Crippen LogP contribution is -2.16. The molecule has 0 aliphatic heterocycles. The highest BCUT2D eigenvalue weighted by molar-refractivity contribution is 6.34. The van der Waals surface area contributed by atoms with Gasteiger partial charge in [0.2, 0.25) is 0 Å². The summed E-state index contributed by atoms with van der Waals surface area (Å²) in [5, 5.41) is 3.57. The normalized spacial score (nSPS) is 11.8. The Balaban J connectivity index is 3.32. The lowest BCUT2D eigenvalue weighted by atomic mass is 10.1. The van der Waals surface area contributed by atoms with E-state index in [1.807, 2.05) is 0 Å². The van der Waals surface area contributed by atoms with Gasteiger partial charge in [0.05, 0.1) is 5.02 Å². The molecule has 0 atom stereocenters. The number of amidine groups is 1. The van der Waals surface area contributed by atoms with Gasteiger partial charge in [0.1, 0.15) is 5.82 Å². The van der Waals surface area contributed by atoms with E-state index in [1.54, 1.807) is 6.92 Å². The molecule has 5 heteroatoms. The molecule has 3 nitrogen and oxygen atoms in total. The summed E-state index contributed by atoms with van der Waals surface area (Å²) in [7, 11) is 0. The molecule has 0 radical (unpaired) electrons. The first-order valence-electron chi connectivity index (χ1n) is 3.55. The third-order valence-corrected chi connectivity index (χ3v) is 1.98. The van der Waals surface area contributed by atoms with Crippen LogP contribution in [0.3, 0.4) is 0 Å². The number of nitrogens with two attached hydrogens (primary N) is 2. The van der Waals surface area contributed by atoms with Gasteiger partial charge in [-0.25, -0.2) is 4.39 Å². The zero-order chi connectivity index (χ0) is 10.0. The van der Waals surface area contributed by atoms with E-state index in [4.69, 9.17) is 23.2 Å². The summed E-state index contributed by atoms with van der Waals surface area (Å²) in [6.45, 7) is 1.61. The van der Waals surface area contributed by atoms with Crippen molar-refractivity contribution in [3.05, 3.63) is 34.1 Å². The van der Waals surface area contributed by atoms with Crippen LogP contribution in [-0.2, 0) is 0 Å². The van der Waals surface area contributed by atoms with E-state index in [9.17, 15) is 4.39 Å². The van der Waals surface area contributed by atoms with Gasteiger partial charge < -0.3 is 11.6 Å². The molecule has 0 spiro atoms. The second kappa shape index (κ2) is 3.62. The van der Waals surface area contributed by atoms with Crippen molar-refractivity contribution in [3.8, 4) is 0 Å². The molecule has 0 amide bonds. The van der Waals surface area contributed by atoms with Crippen LogP contribution in [0.15, 0.2) is 17.2 Å². The first-order chi connectivity index (χ1) is 6.06. The average molecular weight is 202 g/mol. The van der Waals surface area contributed by atoms with Crippen molar-refractivity contribution in [2.45, 2.75) is 6.92 Å². The predicted octanol–water partition coefficient (Wildman–Crippen LogP) is 1.37. The third-order valence-electron chi connectivity index (χ3n) is 1.66. The van der Waals surface area contributed by atoms with Crippen LogP contribution in [-0.4, -0.2) is 5.84 Å². The maximum atomic E-state index is 13.0. The molecule has 0 saturated heterocycles. The summed E-state index contributed by atoms with van der Waals surface area (Å²) >= 11 is 5.79. The fraction of sp³-hybridized carbons (Fsp3) is 0.125. The van der Waals surface area contributed by atoms with Gasteiger partial charge in [0.25, 0.3) is 0 Å². The topological polar surface area (TPSA) is 64.4 Å². The molecule has 1 aromatic carbocycles. The van der Waals surface area contributed by atoms with E-state index < -0.39 is 0 Å². The Hall–Kier alpha value is -1.29. The summed E-state index contributed by atoms with van der Waals surface area (Å²) in [5.41, 5.74) is 6.16. The Labute approximate surface area is 80.2 Å². The minimum atomic E-state index is -0.383. The van der Waals surface area contributed by atoms with Crippen molar-refractivity contribution in [1.29, 1.82) is 0 Å². The Kier molecular flexibility index (Phi) is 2.72. The number of halogens is 2. The van der Waals surface area contributed by atoms with Crippen LogP contribution in [0, 0.1) is 12.7 Å². The number of benzene rings is 1. The molecule has 0 saturated carbocycles. The van der Waals surface area contributed by atoms with Crippen LogP contribution < -0.4 is 11.6 Å². The largest absolute Gasteiger partial charge is 0.382 e. The second-order valence-corrected chi connectivity index (χ2v) is 3.00. The Bertz CT molecular complexity index is 363. The molecule has 1 aromatic rings. The van der Waals surface area contributed by atoms with Gasteiger partial charge in [-0.3, -0.25) is 0 Å². The Morgan fingerprint density at radius 3 is 2.69 bits per heavy atom. The van der Waals surface area contributed by atoms with Gasteiger partial charge in [-0.2, -0.15) is 5.10 Å². The van der Waals surface area contributed by atoms with E-state index in [0.717, 1.165) is 0 Å². The number of hydrazone groups is 1. The first-order valence-corrected chi connectivity index (χ1v) is 3.93. The maximum Gasteiger partial charge on any atom is 0.151 e. The van der Waals surface area contributed by atoms with Gasteiger partial charge >= 0.3 is 0 Å². The van der Waals surface area contributed by atoms with Gasteiger partial charge in [-0.1, -0.05) is 11.6 Å². The van der Waals surface area contributed by atoms with Crippen LogP contribution in [0.4, 0.5) is 4.39 Å². The van der Waals surface area contributed by atoms with Crippen molar-refractivity contribution in [3.63, 3.8) is 0 Å². The Morgan fingerprint density at radius 2 is 2.15 bits per heavy atom. The molecule has 13 heavy (non-hydrogen) atoms. The first kappa shape index (κ1) is 9.80. The number of aryl methyl sites for hydroxylation is 1. The zero-order valence-corrected chi connectivity index (χ0v) is 7.77. The standard InChI is InChI=1S/C8H9ClFN3/c1-4-2-6(9)5(3-7(4)10)8(11)13-12/h2-3H,12H2,1H3,(H2,11,13). The smallest absolute Gasteiger partial charge is 0.151 e. The highest BCUT2D eigenvalue weighted by Crippen LogP contribution is 2.19. The number of hydrogen-bond donors (Lipinski definition) is 2. The molecule has 0 fully saturated rings. The summed E-state index contributed by atoms with van der Waals surface area (Å²) in [5.74, 6) is 4.58. The summed E-state index contributed by atoms with van der Waals surface area (Å²) in [6.07, 6.45) is 0. The molecule has 0 heterocycles. The van der Waals surface area contributed by atoms with Crippen molar-refractivity contribution in [2.75, 3.05) is 0 Å². The molecule has 0 bridgehead atoms. The minimum absolute atomic E-state index is 0.0175. The molecule has 0 aliphatic rings. The Morgan fingerprint density at radius 1 is 1.54 bits per heavy atom. The molecule has 0 aliphatic carbocycles. The monoisotopic (exact) mass is 201 g/mol. The number of rotatable bonds is 1. The fourth-order valence-corrected chi connectivity index (χ4v) is 1.23. The average Bonchev–Trinajstić information content (AvgIpc) is 2.10. The summed E-state index contributed by atoms with van der Waals surface area (Å²) in [4.78, 5) is 0. The van der Waals surface area contributed by atoms with E-state index >= 15 is 0 Å². The lowest BCUT2D eigenvalue weighted by Gasteiger charge is -2.04. The van der Waals surface area contributed by atoms with Crippen LogP contribution in [0.25, 0.3) is 0 Å². The third kappa shape index (κ3) is 1.89. The van der Waals surface area contributed by atoms with Gasteiger partial charge in [0.15, 0.2) is 5.84 Å². The lowest BCUT2D eigenvalue weighted by molar-refractivity contribution is 0.618. The quantitative estimate of drug-likeness (QED) is 0.312. The van der Waals surface area contributed by atoms with Crippen LogP contribution in [0.1, 0.15) is 11.1 Å². The molecule has 70 valence electrons. The molecule has 1 rings (SSSR count). The maximum absolute atomic E-state index is 13.0. The van der Waals surface area contributed by atoms with Crippen molar-refractivity contribution >= 4 is 17.4 Å². The van der Waals surface area contributed by atoms with Gasteiger partial charge in [-0.05, 0) is 24.6 Å². The minimum Gasteiger partial charge on any atom is -0.382 e. The van der Waals surface area contributed by atoms with Gasteiger partial charge in [0, 0.05) is 5.56 Å². The van der Waals surface area contributed by atoms with Crippen LogP contribution >= 0.6 is 11.6 Å².